The van der Waals surface area contributed by atoms with Crippen LogP contribution in [0.15, 0.2) is 72.3 Å². The van der Waals surface area contributed by atoms with Gasteiger partial charge in [0.2, 0.25) is 0 Å². The molecule has 1 aliphatic heterocycles. The van der Waals surface area contributed by atoms with E-state index in [4.69, 9.17) is 0 Å². The van der Waals surface area contributed by atoms with Gasteiger partial charge in [0.1, 0.15) is 5.82 Å². The lowest BCUT2D eigenvalue weighted by Gasteiger charge is -2.42. The number of nitrogens with zero attached hydrogens (tertiary/aromatic N) is 1. The van der Waals surface area contributed by atoms with Crippen molar-refractivity contribution in [2.24, 2.45) is 0 Å². The summed E-state index contributed by atoms with van der Waals surface area (Å²) >= 11 is 0. The van der Waals surface area contributed by atoms with Crippen molar-refractivity contribution in [2.45, 2.75) is 13.0 Å². The van der Waals surface area contributed by atoms with Crippen molar-refractivity contribution in [1.29, 1.82) is 0 Å². The van der Waals surface area contributed by atoms with Gasteiger partial charge in [0.05, 0.1) is 10.9 Å². The molecule has 0 bridgehead atoms. The third-order valence-corrected chi connectivity index (χ3v) is 6.95. The highest BCUT2D eigenvalue weighted by atomic mass is 32.2. The molecule has 0 unspecified atom stereocenters. The predicted octanol–water partition coefficient (Wildman–Crippen LogP) is 5.27. The van der Waals surface area contributed by atoms with E-state index in [0.29, 0.717) is 11.6 Å². The molecule has 3 nitrogen and oxygen atoms in total. The van der Waals surface area contributed by atoms with Crippen LogP contribution >= 0.6 is 0 Å². The summed E-state index contributed by atoms with van der Waals surface area (Å²) in [5.74, 6) is -3.64. The van der Waals surface area contributed by atoms with Crippen LogP contribution < -0.4 is 0 Å². The Morgan fingerprint density at radius 3 is 1.84 bits per heavy atom. The second kappa shape index (κ2) is 8.56. The Morgan fingerprint density at radius 2 is 1.38 bits per heavy atom. The molecule has 0 radical (unpaired) electrons. The van der Waals surface area contributed by atoms with E-state index in [1.807, 2.05) is 60.7 Å². The first-order valence-corrected chi connectivity index (χ1v) is 12.0. The van der Waals surface area contributed by atoms with Gasteiger partial charge in [0.15, 0.2) is 21.5 Å². The van der Waals surface area contributed by atoms with Crippen LogP contribution in [-0.4, -0.2) is 32.7 Å². The highest BCUT2D eigenvalue weighted by molar-refractivity contribution is 8.00. The molecule has 1 aliphatic rings. The fourth-order valence-corrected chi connectivity index (χ4v) is 5.40. The van der Waals surface area contributed by atoms with Crippen molar-refractivity contribution in [3.8, 4) is 0 Å². The lowest BCUT2D eigenvalue weighted by atomic mass is 9.92. The predicted molar refractivity (Wildman–Crippen MR) is 119 cm³/mol. The topological polar surface area (TPSA) is 37.4 Å². The van der Waals surface area contributed by atoms with Gasteiger partial charge in [-0.1, -0.05) is 60.7 Å². The van der Waals surface area contributed by atoms with Crippen LogP contribution in [0.3, 0.4) is 0 Å². The zero-order valence-electron chi connectivity index (χ0n) is 17.6. The summed E-state index contributed by atoms with van der Waals surface area (Å²) in [5, 5.41) is 0. The van der Waals surface area contributed by atoms with Gasteiger partial charge in [-0.3, -0.25) is 4.90 Å². The Balaban J connectivity index is 1.77. The molecule has 7 heteroatoms. The fourth-order valence-electron chi connectivity index (χ4n) is 4.20. The average molecular weight is 458 g/mol. The summed E-state index contributed by atoms with van der Waals surface area (Å²) in [6, 6.07) is 20.1. The van der Waals surface area contributed by atoms with Gasteiger partial charge in [-0.25, -0.2) is 21.6 Å². The molecule has 0 atom stereocenters. The van der Waals surface area contributed by atoms with Crippen LogP contribution in [0.5, 0.6) is 0 Å². The van der Waals surface area contributed by atoms with Gasteiger partial charge < -0.3 is 0 Å². The summed E-state index contributed by atoms with van der Waals surface area (Å²) in [6.07, 6.45) is 0.958. The van der Waals surface area contributed by atoms with Crippen molar-refractivity contribution in [3.05, 3.63) is 112 Å². The molecule has 0 saturated carbocycles. The molecule has 0 aromatic heterocycles. The Bertz CT molecular complexity index is 1240. The first kappa shape index (κ1) is 22.3. The second-order valence-corrected chi connectivity index (χ2v) is 9.95. The van der Waals surface area contributed by atoms with Crippen LogP contribution in [0.4, 0.5) is 13.2 Å². The maximum absolute atomic E-state index is 14.8. The van der Waals surface area contributed by atoms with Crippen LogP contribution in [-0.2, 0) is 9.84 Å². The average Bonchev–Trinajstić information content (AvgIpc) is 2.74. The molecule has 32 heavy (non-hydrogen) atoms. The van der Waals surface area contributed by atoms with E-state index < -0.39 is 38.4 Å². The molecule has 0 aliphatic carbocycles. The highest BCUT2D eigenvalue weighted by Crippen LogP contribution is 2.39. The highest BCUT2D eigenvalue weighted by Gasteiger charge is 2.36. The Kier molecular flexibility index (Phi) is 5.97. The molecule has 1 fully saturated rings. The third kappa shape index (κ3) is 4.10. The first-order chi connectivity index (χ1) is 15.2. The zero-order valence-corrected chi connectivity index (χ0v) is 18.5. The molecule has 0 amide bonds. The van der Waals surface area contributed by atoms with E-state index in [2.05, 4.69) is 4.90 Å². The Labute approximate surface area is 185 Å². The SMILES string of the molecule is Cc1c(F)c(F)cc(C(=C2CN(C(c3ccccc3)c3ccccc3)C2)S(C)(=O)=O)c1F. The number of rotatable bonds is 5. The molecule has 1 heterocycles. The summed E-state index contributed by atoms with van der Waals surface area (Å²) in [6.45, 7) is 1.61. The van der Waals surface area contributed by atoms with Gasteiger partial charge in [0.25, 0.3) is 0 Å². The first-order valence-electron chi connectivity index (χ1n) is 10.1. The normalized spacial score (nSPS) is 14.5. The van der Waals surface area contributed by atoms with E-state index in [0.717, 1.165) is 24.3 Å². The van der Waals surface area contributed by atoms with Gasteiger partial charge in [-0.15, -0.1) is 0 Å². The minimum atomic E-state index is -3.90. The van der Waals surface area contributed by atoms with Gasteiger partial charge >= 0.3 is 0 Å². The van der Waals surface area contributed by atoms with E-state index in [1.165, 1.54) is 0 Å². The van der Waals surface area contributed by atoms with Gasteiger partial charge in [-0.05, 0) is 29.7 Å². The molecule has 4 rings (SSSR count). The zero-order chi connectivity index (χ0) is 23.0. The van der Waals surface area contributed by atoms with Crippen molar-refractivity contribution >= 4 is 14.7 Å². The Hall–Kier alpha value is -2.90. The molecule has 3 aromatic carbocycles. The van der Waals surface area contributed by atoms with Crippen molar-refractivity contribution in [3.63, 3.8) is 0 Å². The molecular weight excluding hydrogens is 435 g/mol. The van der Waals surface area contributed by atoms with Crippen LogP contribution in [0.2, 0.25) is 0 Å². The molecule has 1 saturated heterocycles. The van der Waals surface area contributed by atoms with Crippen molar-refractivity contribution in [1.82, 2.24) is 4.90 Å². The van der Waals surface area contributed by atoms with Crippen molar-refractivity contribution in [2.75, 3.05) is 19.3 Å². The van der Waals surface area contributed by atoms with E-state index >= 15 is 0 Å². The number of hydrogen-bond acceptors (Lipinski definition) is 3. The largest absolute Gasteiger partial charge is 0.284 e. The maximum atomic E-state index is 14.8. The number of likely N-dealkylation sites (tertiary alicyclic amines) is 1. The number of halogens is 3. The quantitative estimate of drug-likeness (QED) is 0.490. The lowest BCUT2D eigenvalue weighted by Crippen LogP contribution is -2.44. The van der Waals surface area contributed by atoms with Crippen LogP contribution in [0.25, 0.3) is 4.91 Å². The Morgan fingerprint density at radius 1 is 0.875 bits per heavy atom. The summed E-state index contributed by atoms with van der Waals surface area (Å²) in [4.78, 5) is 1.80. The molecule has 3 aromatic rings. The molecular formula is C25H22F3NO2S. The van der Waals surface area contributed by atoms with Crippen LogP contribution in [0, 0.1) is 24.4 Å². The fraction of sp³-hybridized carbons (Fsp3) is 0.200. The van der Waals surface area contributed by atoms with Crippen molar-refractivity contribution < 1.29 is 21.6 Å². The van der Waals surface area contributed by atoms with E-state index in [9.17, 15) is 21.6 Å². The molecule has 0 N–H and O–H groups in total. The van der Waals surface area contributed by atoms with Gasteiger partial charge in [-0.2, -0.15) is 0 Å². The summed E-state index contributed by atoms with van der Waals surface area (Å²) < 4.78 is 67.8. The number of benzene rings is 3. The minimum absolute atomic E-state index is 0.126. The molecule has 166 valence electrons. The maximum Gasteiger partial charge on any atom is 0.176 e. The second-order valence-electron chi connectivity index (χ2n) is 7.99. The smallest absolute Gasteiger partial charge is 0.176 e. The van der Waals surface area contributed by atoms with E-state index in [-0.39, 0.29) is 24.0 Å². The molecule has 0 spiro atoms. The summed E-state index contributed by atoms with van der Waals surface area (Å²) in [7, 11) is -3.90. The van der Waals surface area contributed by atoms with Gasteiger partial charge in [0, 0.05) is 30.5 Å². The minimum Gasteiger partial charge on any atom is -0.284 e. The standard InChI is InChI=1S/C25H22F3NO2S/c1-16-22(27)20(13-21(26)23(16)28)25(32(2,30)31)19-14-29(15-19)24(17-9-5-3-6-10-17)18-11-7-4-8-12-18/h3-13,24H,14-15H2,1-2H3. The number of hydrogen-bond donors (Lipinski definition) is 0. The summed E-state index contributed by atoms with van der Waals surface area (Å²) in [5.41, 5.74) is 1.58. The lowest BCUT2D eigenvalue weighted by molar-refractivity contribution is 0.203. The number of sulfone groups is 1. The van der Waals surface area contributed by atoms with Crippen LogP contribution in [0.1, 0.15) is 28.3 Å². The monoisotopic (exact) mass is 457 g/mol. The van der Waals surface area contributed by atoms with E-state index in [1.54, 1.807) is 0 Å². The third-order valence-electron chi connectivity index (χ3n) is 5.70.